The highest BCUT2D eigenvalue weighted by Gasteiger charge is 2.35. The van der Waals surface area contributed by atoms with Crippen molar-refractivity contribution in [1.82, 2.24) is 20.2 Å². The fourth-order valence-electron chi connectivity index (χ4n) is 7.84. The Hall–Kier alpha value is -7.18. The van der Waals surface area contributed by atoms with Crippen LogP contribution in [-0.4, -0.2) is 20.2 Å². The summed E-state index contributed by atoms with van der Waals surface area (Å²) in [7, 11) is 0. The lowest BCUT2D eigenvalue weighted by Crippen LogP contribution is -2.16. The molecule has 55 heavy (non-hydrogen) atoms. The van der Waals surface area contributed by atoms with Crippen LogP contribution in [0.25, 0.3) is 67.6 Å². The van der Waals surface area contributed by atoms with Crippen LogP contribution in [-0.2, 0) is 5.41 Å². The Morgan fingerprint density at radius 2 is 0.873 bits per heavy atom. The molecule has 0 radical (unpaired) electrons. The lowest BCUT2D eigenvalue weighted by molar-refractivity contribution is 0.584. The molecule has 0 spiro atoms. The molecule has 7 aromatic carbocycles. The maximum Gasteiger partial charge on any atom is 0.248 e. The lowest BCUT2D eigenvalue weighted by Gasteiger charge is -2.28. The molecule has 1 aliphatic carbocycles. The van der Waals surface area contributed by atoms with Gasteiger partial charge in [-0.3, -0.25) is 0 Å². The van der Waals surface area contributed by atoms with Crippen molar-refractivity contribution < 1.29 is 4.42 Å². The first-order valence-corrected chi connectivity index (χ1v) is 18.5. The van der Waals surface area contributed by atoms with Gasteiger partial charge in [-0.15, -0.1) is 10.2 Å². The first-order valence-electron chi connectivity index (χ1n) is 18.5. The zero-order chi connectivity index (χ0) is 36.9. The summed E-state index contributed by atoms with van der Waals surface area (Å²) in [5.74, 6) is 0.971. The Labute approximate surface area is 319 Å². The van der Waals surface area contributed by atoms with Gasteiger partial charge in [-0.2, -0.15) is 0 Å². The number of aromatic nitrogens is 4. The predicted octanol–water partition coefficient (Wildman–Crippen LogP) is 12.5. The molecule has 6 nitrogen and oxygen atoms in total. The standard InChI is InChI=1S/C49H35N5O/c1-49(2)41-18-10-9-17-39(41)40-30-29-38(31-42(40)49)54(37-27-23-35(24-28-37)48-53-52-47(55-48)34-15-7-4-8-16-34)36-25-21-33(22-26-36)46-45(32-13-5-3-6-14-32)50-43-19-11-12-20-44(43)51-46/h3-31H,1-2H3. The molecule has 262 valence electrons. The topological polar surface area (TPSA) is 67.9 Å². The minimum absolute atomic E-state index is 0.141. The highest BCUT2D eigenvalue weighted by molar-refractivity contribution is 5.89. The summed E-state index contributed by atoms with van der Waals surface area (Å²) in [6.07, 6.45) is 0. The molecule has 0 saturated heterocycles. The van der Waals surface area contributed by atoms with Crippen molar-refractivity contribution in [2.24, 2.45) is 0 Å². The van der Waals surface area contributed by atoms with Gasteiger partial charge in [0, 0.05) is 44.7 Å². The summed E-state index contributed by atoms with van der Waals surface area (Å²) in [4.78, 5) is 12.6. The number of fused-ring (bicyclic) bond motifs is 4. The summed E-state index contributed by atoms with van der Waals surface area (Å²) < 4.78 is 6.11. The number of para-hydroxylation sites is 2. The van der Waals surface area contributed by atoms with Crippen LogP contribution in [0.4, 0.5) is 17.1 Å². The van der Waals surface area contributed by atoms with Gasteiger partial charge in [0.15, 0.2) is 0 Å². The average molecular weight is 710 g/mol. The van der Waals surface area contributed by atoms with Crippen molar-refractivity contribution in [3.8, 4) is 56.6 Å². The first kappa shape index (κ1) is 32.5. The Morgan fingerprint density at radius 3 is 1.49 bits per heavy atom. The molecule has 0 aliphatic heterocycles. The van der Waals surface area contributed by atoms with Gasteiger partial charge in [0.05, 0.1) is 22.4 Å². The third-order valence-electron chi connectivity index (χ3n) is 10.7. The highest BCUT2D eigenvalue weighted by atomic mass is 16.4. The molecule has 0 N–H and O–H groups in total. The molecule has 0 fully saturated rings. The zero-order valence-electron chi connectivity index (χ0n) is 30.4. The Balaban J connectivity index is 1.07. The molecule has 6 heteroatoms. The third-order valence-corrected chi connectivity index (χ3v) is 10.7. The van der Waals surface area contributed by atoms with Crippen LogP contribution >= 0.6 is 0 Å². The van der Waals surface area contributed by atoms with Crippen LogP contribution in [0.3, 0.4) is 0 Å². The smallest absolute Gasteiger partial charge is 0.248 e. The van der Waals surface area contributed by atoms with Crippen LogP contribution in [0, 0.1) is 0 Å². The van der Waals surface area contributed by atoms with E-state index in [1.165, 1.54) is 22.3 Å². The Bertz CT molecular complexity index is 2830. The van der Waals surface area contributed by atoms with Crippen molar-refractivity contribution in [3.63, 3.8) is 0 Å². The van der Waals surface area contributed by atoms with Crippen molar-refractivity contribution >= 4 is 28.1 Å². The van der Waals surface area contributed by atoms with E-state index >= 15 is 0 Å². The van der Waals surface area contributed by atoms with E-state index in [1.807, 2.05) is 84.9 Å². The van der Waals surface area contributed by atoms with Gasteiger partial charge in [0.2, 0.25) is 11.8 Å². The second-order valence-electron chi connectivity index (χ2n) is 14.4. The van der Waals surface area contributed by atoms with Crippen molar-refractivity contribution in [2.45, 2.75) is 19.3 Å². The van der Waals surface area contributed by atoms with Gasteiger partial charge >= 0.3 is 0 Å². The van der Waals surface area contributed by atoms with Crippen molar-refractivity contribution in [3.05, 3.63) is 187 Å². The van der Waals surface area contributed by atoms with Gasteiger partial charge in [-0.1, -0.05) is 117 Å². The van der Waals surface area contributed by atoms with Gasteiger partial charge in [0.1, 0.15) is 0 Å². The number of hydrogen-bond donors (Lipinski definition) is 0. The van der Waals surface area contributed by atoms with E-state index in [2.05, 4.69) is 120 Å². The Kier molecular flexibility index (Phi) is 7.70. The fraction of sp³-hybridized carbons (Fsp3) is 0.0612. The number of nitrogens with zero attached hydrogens (tertiary/aromatic N) is 5. The molecule has 2 aromatic heterocycles. The van der Waals surface area contributed by atoms with E-state index < -0.39 is 0 Å². The Morgan fingerprint density at radius 1 is 0.418 bits per heavy atom. The van der Waals surface area contributed by atoms with E-state index in [9.17, 15) is 0 Å². The second-order valence-corrected chi connectivity index (χ2v) is 14.4. The van der Waals surface area contributed by atoms with Crippen LogP contribution in [0.15, 0.2) is 180 Å². The van der Waals surface area contributed by atoms with Gasteiger partial charge in [0.25, 0.3) is 0 Å². The number of benzene rings is 7. The zero-order valence-corrected chi connectivity index (χ0v) is 30.4. The summed E-state index contributed by atoms with van der Waals surface area (Å²) >= 11 is 0. The SMILES string of the molecule is CC1(C)c2ccccc2-c2ccc(N(c3ccc(-c4nnc(-c5ccccc5)o4)cc3)c3ccc(-c4nc5ccccc5nc4-c4ccccc4)cc3)cc21. The van der Waals surface area contributed by atoms with Crippen LogP contribution in [0.1, 0.15) is 25.0 Å². The maximum atomic E-state index is 6.11. The van der Waals surface area contributed by atoms with Gasteiger partial charge < -0.3 is 9.32 Å². The largest absolute Gasteiger partial charge is 0.416 e. The van der Waals surface area contributed by atoms with E-state index in [4.69, 9.17) is 14.4 Å². The molecular formula is C49H35N5O. The van der Waals surface area contributed by atoms with Gasteiger partial charge in [-0.25, -0.2) is 9.97 Å². The second kappa shape index (κ2) is 13.0. The maximum absolute atomic E-state index is 6.11. The van der Waals surface area contributed by atoms with E-state index in [1.54, 1.807) is 0 Å². The summed E-state index contributed by atoms with van der Waals surface area (Å²) in [5.41, 5.74) is 15.4. The molecule has 10 rings (SSSR count). The molecule has 0 bridgehead atoms. The number of anilines is 3. The molecule has 0 saturated carbocycles. The van der Waals surface area contributed by atoms with Crippen LogP contribution < -0.4 is 4.90 Å². The minimum Gasteiger partial charge on any atom is -0.416 e. The summed E-state index contributed by atoms with van der Waals surface area (Å²) in [6.45, 7) is 4.64. The number of hydrogen-bond acceptors (Lipinski definition) is 6. The molecule has 0 atom stereocenters. The monoisotopic (exact) mass is 709 g/mol. The molecule has 0 unspecified atom stereocenters. The summed E-state index contributed by atoms with van der Waals surface area (Å²) in [6, 6.07) is 60.7. The number of rotatable bonds is 7. The van der Waals surface area contributed by atoms with Crippen molar-refractivity contribution in [2.75, 3.05) is 4.90 Å². The molecule has 9 aromatic rings. The van der Waals surface area contributed by atoms with Crippen molar-refractivity contribution in [1.29, 1.82) is 0 Å². The van der Waals surface area contributed by atoms with E-state index in [0.29, 0.717) is 11.8 Å². The van der Waals surface area contributed by atoms with E-state index in [-0.39, 0.29) is 5.41 Å². The van der Waals surface area contributed by atoms with Gasteiger partial charge in [-0.05, 0) is 95.1 Å². The molecule has 0 amide bonds. The van der Waals surface area contributed by atoms with E-state index in [0.717, 1.165) is 61.7 Å². The molecular weight excluding hydrogens is 675 g/mol. The molecule has 1 aliphatic rings. The predicted molar refractivity (Wildman–Crippen MR) is 221 cm³/mol. The highest BCUT2D eigenvalue weighted by Crippen LogP contribution is 2.50. The normalized spacial score (nSPS) is 12.7. The average Bonchev–Trinajstić information content (AvgIpc) is 3.83. The lowest BCUT2D eigenvalue weighted by atomic mass is 9.82. The quantitative estimate of drug-likeness (QED) is 0.164. The first-order chi connectivity index (χ1) is 27.0. The summed E-state index contributed by atoms with van der Waals surface area (Å²) in [5, 5.41) is 8.69. The minimum atomic E-state index is -0.141. The molecule has 2 heterocycles. The fourth-order valence-corrected chi connectivity index (χ4v) is 7.84. The third kappa shape index (κ3) is 5.67. The van der Waals surface area contributed by atoms with Crippen LogP contribution in [0.5, 0.6) is 0 Å². The van der Waals surface area contributed by atoms with Crippen LogP contribution in [0.2, 0.25) is 0 Å².